The van der Waals surface area contributed by atoms with Crippen LogP contribution in [-0.2, 0) is 11.3 Å². The summed E-state index contributed by atoms with van der Waals surface area (Å²) < 4.78 is 3.03. The lowest BCUT2D eigenvalue weighted by Crippen LogP contribution is -2.19. The van der Waals surface area contributed by atoms with Crippen molar-refractivity contribution < 1.29 is 4.79 Å². The summed E-state index contributed by atoms with van der Waals surface area (Å²) in [6.45, 7) is 4.81. The lowest BCUT2D eigenvalue weighted by atomic mass is 10.1. The quantitative estimate of drug-likeness (QED) is 0.321. The summed E-state index contributed by atoms with van der Waals surface area (Å²) in [7, 11) is 0. The molecule has 0 unspecified atom stereocenters. The highest BCUT2D eigenvalue weighted by molar-refractivity contribution is 9.11. The number of hydrogen-bond acceptors (Lipinski definition) is 6. The van der Waals surface area contributed by atoms with Crippen LogP contribution in [0.15, 0.2) is 50.4 Å². The van der Waals surface area contributed by atoms with Gasteiger partial charge in [-0.3, -0.25) is 4.79 Å². The Labute approximate surface area is 174 Å². The summed E-state index contributed by atoms with van der Waals surface area (Å²) in [4.78, 5) is 13.0. The van der Waals surface area contributed by atoms with E-state index >= 15 is 0 Å². The van der Waals surface area contributed by atoms with E-state index in [-0.39, 0.29) is 11.7 Å². The lowest BCUT2D eigenvalue weighted by molar-refractivity contribution is -0.118. The number of aryl methyl sites for hydroxylation is 1. The first kappa shape index (κ1) is 19.8. The molecule has 1 amide bonds. The van der Waals surface area contributed by atoms with Gasteiger partial charge in [0.2, 0.25) is 0 Å². The topological polar surface area (TPSA) is 72.2 Å². The van der Waals surface area contributed by atoms with Crippen LogP contribution in [0, 0.1) is 6.92 Å². The Hall–Kier alpha value is -1.97. The van der Waals surface area contributed by atoms with Crippen LogP contribution in [0.25, 0.3) is 11.4 Å². The maximum absolute atomic E-state index is 12.0. The van der Waals surface area contributed by atoms with E-state index in [2.05, 4.69) is 48.8 Å². The van der Waals surface area contributed by atoms with Gasteiger partial charge in [0.15, 0.2) is 11.0 Å². The Kier molecular flexibility index (Phi) is 6.81. The smallest absolute Gasteiger partial charge is 0.250 e. The zero-order valence-electron chi connectivity index (χ0n) is 14.8. The summed E-state index contributed by atoms with van der Waals surface area (Å²) in [6, 6.07) is 12.0. The van der Waals surface area contributed by atoms with E-state index in [0.717, 1.165) is 31.8 Å². The molecule has 0 spiro atoms. The second-order valence-electron chi connectivity index (χ2n) is 5.64. The van der Waals surface area contributed by atoms with Gasteiger partial charge in [0.25, 0.3) is 5.91 Å². The number of carbonyl (C=O) groups is 1. The number of hydrazone groups is 1. The number of hydrogen-bond donors (Lipinski definition) is 1. The number of rotatable bonds is 7. The number of aromatic nitrogens is 3. The van der Waals surface area contributed by atoms with Crippen molar-refractivity contribution in [2.75, 3.05) is 5.75 Å². The zero-order valence-corrected chi connectivity index (χ0v) is 18.1. The van der Waals surface area contributed by atoms with Gasteiger partial charge in [0.1, 0.15) is 0 Å². The molecule has 0 aliphatic heterocycles. The van der Waals surface area contributed by atoms with Gasteiger partial charge in [-0.05, 0) is 41.9 Å². The molecule has 2 heterocycles. The molecule has 3 rings (SSSR count). The molecule has 6 nitrogen and oxygen atoms in total. The number of thiophene rings is 1. The second kappa shape index (κ2) is 9.29. The number of nitrogens with one attached hydrogen (secondary N) is 1. The molecule has 0 fully saturated rings. The van der Waals surface area contributed by atoms with Gasteiger partial charge in [-0.15, -0.1) is 21.5 Å². The van der Waals surface area contributed by atoms with Gasteiger partial charge in [-0.2, -0.15) is 5.10 Å². The fourth-order valence-corrected chi connectivity index (χ4v) is 4.41. The molecule has 9 heteroatoms. The van der Waals surface area contributed by atoms with Gasteiger partial charge >= 0.3 is 0 Å². The number of thioether (sulfide) groups is 1. The highest BCUT2D eigenvalue weighted by Crippen LogP contribution is 2.24. The molecule has 0 aliphatic rings. The number of carbonyl (C=O) groups excluding carboxylic acids is 1. The highest BCUT2D eigenvalue weighted by atomic mass is 79.9. The predicted molar refractivity (Wildman–Crippen MR) is 114 cm³/mol. The van der Waals surface area contributed by atoms with Crippen LogP contribution in [0.5, 0.6) is 0 Å². The molecule has 0 radical (unpaired) electrons. The monoisotopic (exact) mass is 463 g/mol. The molecule has 0 saturated heterocycles. The molecule has 1 aromatic carbocycles. The Balaban J connectivity index is 1.59. The molecule has 0 aliphatic carbocycles. The fraction of sp³-hybridized carbons (Fsp3) is 0.222. The van der Waals surface area contributed by atoms with Crippen molar-refractivity contribution in [3.8, 4) is 11.4 Å². The Morgan fingerprint density at radius 2 is 2.07 bits per heavy atom. The van der Waals surface area contributed by atoms with E-state index in [0.29, 0.717) is 0 Å². The van der Waals surface area contributed by atoms with Crippen molar-refractivity contribution in [3.63, 3.8) is 0 Å². The van der Waals surface area contributed by atoms with Crippen LogP contribution in [0.2, 0.25) is 0 Å². The van der Waals surface area contributed by atoms with Crippen LogP contribution < -0.4 is 5.43 Å². The van der Waals surface area contributed by atoms with Crippen molar-refractivity contribution in [1.82, 2.24) is 20.2 Å². The number of nitrogens with zero attached hydrogens (tertiary/aromatic N) is 4. The van der Waals surface area contributed by atoms with Gasteiger partial charge in [0, 0.05) is 17.0 Å². The third-order valence-corrected chi connectivity index (χ3v) is 6.18. The molecule has 0 saturated carbocycles. The second-order valence-corrected chi connectivity index (χ2v) is 9.08. The van der Waals surface area contributed by atoms with Crippen molar-refractivity contribution in [1.29, 1.82) is 0 Å². The third-order valence-electron chi connectivity index (χ3n) is 3.65. The minimum Gasteiger partial charge on any atom is -0.302 e. The maximum atomic E-state index is 12.0. The molecular weight excluding hydrogens is 446 g/mol. The standard InChI is InChI=1S/C18H18BrN5OS2/c1-3-24-17(13-6-4-12(2)5-7-13)22-23-18(24)26-11-16(25)21-20-10-14-8-9-15(19)27-14/h4-10H,3,11H2,1-2H3,(H,21,25)/b20-10+. The Morgan fingerprint density at radius 1 is 1.30 bits per heavy atom. The van der Waals surface area contributed by atoms with E-state index in [1.54, 1.807) is 17.6 Å². The SMILES string of the molecule is CCn1c(SCC(=O)N/N=C/c2ccc(Br)s2)nnc1-c1ccc(C)cc1. The van der Waals surface area contributed by atoms with Crippen molar-refractivity contribution in [2.45, 2.75) is 25.5 Å². The highest BCUT2D eigenvalue weighted by Gasteiger charge is 2.14. The van der Waals surface area contributed by atoms with Crippen LogP contribution in [0.1, 0.15) is 17.4 Å². The average molecular weight is 464 g/mol. The predicted octanol–water partition coefficient (Wildman–Crippen LogP) is 4.34. The molecule has 2 aromatic heterocycles. The van der Waals surface area contributed by atoms with Crippen molar-refractivity contribution in [3.05, 3.63) is 50.6 Å². The molecule has 1 N–H and O–H groups in total. The normalized spacial score (nSPS) is 11.2. The summed E-state index contributed by atoms with van der Waals surface area (Å²) in [5, 5.41) is 13.2. The molecule has 140 valence electrons. The van der Waals surface area contributed by atoms with Crippen molar-refractivity contribution in [2.24, 2.45) is 5.10 Å². The first-order chi connectivity index (χ1) is 13.1. The minimum atomic E-state index is -0.186. The molecular formula is C18H18BrN5OS2. The Bertz CT molecular complexity index is 949. The average Bonchev–Trinajstić information content (AvgIpc) is 3.26. The van der Waals surface area contributed by atoms with E-state index in [1.807, 2.05) is 42.7 Å². The number of halogens is 1. The van der Waals surface area contributed by atoms with E-state index in [4.69, 9.17) is 0 Å². The molecule has 3 aromatic rings. The van der Waals surface area contributed by atoms with Crippen molar-refractivity contribution >= 4 is 51.2 Å². The number of amides is 1. The first-order valence-electron chi connectivity index (χ1n) is 8.27. The molecule has 27 heavy (non-hydrogen) atoms. The summed E-state index contributed by atoms with van der Waals surface area (Å²) in [6.07, 6.45) is 1.63. The lowest BCUT2D eigenvalue weighted by Gasteiger charge is -2.07. The van der Waals surface area contributed by atoms with Crippen LogP contribution in [0.4, 0.5) is 0 Å². The van der Waals surface area contributed by atoms with E-state index < -0.39 is 0 Å². The van der Waals surface area contributed by atoms with Crippen LogP contribution >= 0.6 is 39.0 Å². The van der Waals surface area contributed by atoms with Gasteiger partial charge in [-0.1, -0.05) is 41.6 Å². The summed E-state index contributed by atoms with van der Waals surface area (Å²) in [5.74, 6) is 0.841. The van der Waals surface area contributed by atoms with Crippen LogP contribution in [-0.4, -0.2) is 32.6 Å². The van der Waals surface area contributed by atoms with Gasteiger partial charge in [0.05, 0.1) is 15.8 Å². The minimum absolute atomic E-state index is 0.186. The molecule has 0 atom stereocenters. The first-order valence-corrected chi connectivity index (χ1v) is 10.9. The Morgan fingerprint density at radius 3 is 2.74 bits per heavy atom. The van der Waals surface area contributed by atoms with E-state index in [9.17, 15) is 4.79 Å². The zero-order chi connectivity index (χ0) is 19.2. The van der Waals surface area contributed by atoms with Crippen LogP contribution in [0.3, 0.4) is 0 Å². The van der Waals surface area contributed by atoms with Gasteiger partial charge in [-0.25, -0.2) is 5.43 Å². The number of benzene rings is 1. The van der Waals surface area contributed by atoms with Gasteiger partial charge < -0.3 is 4.57 Å². The third kappa shape index (κ3) is 5.27. The molecule has 0 bridgehead atoms. The summed E-state index contributed by atoms with van der Waals surface area (Å²) >= 11 is 6.28. The largest absolute Gasteiger partial charge is 0.302 e. The maximum Gasteiger partial charge on any atom is 0.250 e. The fourth-order valence-electron chi connectivity index (χ4n) is 2.32. The van der Waals surface area contributed by atoms with E-state index in [1.165, 1.54) is 17.3 Å². The summed E-state index contributed by atoms with van der Waals surface area (Å²) in [5.41, 5.74) is 4.75.